The number of carbonyl (C=O) groups excluding carboxylic acids is 1. The van der Waals surface area contributed by atoms with Crippen LogP contribution in [0.4, 0.5) is 0 Å². The maximum Gasteiger partial charge on any atom is 0.339 e. The van der Waals surface area contributed by atoms with Crippen molar-refractivity contribution in [3.05, 3.63) is 186 Å². The molecule has 6 rings (SSSR count). The lowest BCUT2D eigenvalue weighted by Gasteiger charge is -2.42. The Bertz CT molecular complexity index is 2310. The average Bonchev–Trinajstić information content (AvgIpc) is 3.16. The Kier molecular flexibility index (Phi) is 10.3. The fourth-order valence-electron chi connectivity index (χ4n) is 5.97. The number of aryl methyl sites for hydroxylation is 1. The summed E-state index contributed by atoms with van der Waals surface area (Å²) in [4.78, 5) is 14.4. The van der Waals surface area contributed by atoms with Gasteiger partial charge in [-0.15, -0.1) is 6.42 Å². The number of terminal acetylenes is 1. The molecule has 6 heteroatoms. The quantitative estimate of drug-likeness (QED) is 0.109. The summed E-state index contributed by atoms with van der Waals surface area (Å²) < 4.78 is 37.6. The normalized spacial score (nSPS) is 13.0. The molecule has 2 atom stereocenters. The van der Waals surface area contributed by atoms with Gasteiger partial charge in [-0.1, -0.05) is 133 Å². The molecule has 6 aromatic rings. The zero-order chi connectivity index (χ0) is 35.0. The average molecular weight is 674 g/mol. The highest BCUT2D eigenvalue weighted by Gasteiger charge is 2.50. The van der Waals surface area contributed by atoms with Crippen molar-refractivity contribution in [1.29, 1.82) is 0 Å². The second-order valence-electron chi connectivity index (χ2n) is 11.9. The molecule has 0 saturated carbocycles. The Labute approximate surface area is 294 Å². The summed E-state index contributed by atoms with van der Waals surface area (Å²) in [5, 5.41) is 1.83. The molecule has 0 spiro atoms. The molecule has 0 saturated heterocycles. The molecule has 5 nitrogen and oxygen atoms in total. The highest BCUT2D eigenvalue weighted by atomic mass is 32.2. The molecule has 0 aliphatic carbocycles. The van der Waals surface area contributed by atoms with Crippen LogP contribution in [-0.2, 0) is 26.8 Å². The van der Waals surface area contributed by atoms with Gasteiger partial charge in [-0.25, -0.2) is 13.2 Å². The Hall–Kier alpha value is -5.92. The smallest absolute Gasteiger partial charge is 0.339 e. The summed E-state index contributed by atoms with van der Waals surface area (Å²) in [7, 11) is -4.28. The molecule has 6 aromatic carbocycles. The van der Waals surface area contributed by atoms with Crippen molar-refractivity contribution < 1.29 is 17.9 Å². The van der Waals surface area contributed by atoms with Gasteiger partial charge in [0.2, 0.25) is 15.6 Å². The number of hydrogen-bond donors (Lipinski definition) is 0. The molecule has 0 fully saturated rings. The van der Waals surface area contributed by atoms with Gasteiger partial charge in [0.05, 0.1) is 23.0 Å². The van der Waals surface area contributed by atoms with E-state index in [0.717, 1.165) is 21.9 Å². The second-order valence-corrected chi connectivity index (χ2v) is 13.8. The van der Waals surface area contributed by atoms with Crippen LogP contribution in [0.3, 0.4) is 0 Å². The van der Waals surface area contributed by atoms with Crippen LogP contribution in [0.1, 0.15) is 32.6 Å². The Balaban J connectivity index is 1.69. The van der Waals surface area contributed by atoms with E-state index >= 15 is 0 Å². The minimum Gasteiger partial charge on any atom is -0.436 e. The van der Waals surface area contributed by atoms with Crippen molar-refractivity contribution in [2.45, 2.75) is 29.9 Å². The van der Waals surface area contributed by atoms with Crippen molar-refractivity contribution in [2.24, 2.45) is 0 Å². The van der Waals surface area contributed by atoms with Crippen LogP contribution >= 0.6 is 0 Å². The summed E-state index contributed by atoms with van der Waals surface area (Å²) in [6.45, 7) is 1.58. The topological polar surface area (TPSA) is 63.7 Å². The molecule has 0 heterocycles. The number of carbonyl (C=O) groups is 1. The van der Waals surface area contributed by atoms with Gasteiger partial charge < -0.3 is 4.74 Å². The first-order valence-electron chi connectivity index (χ1n) is 16.2. The van der Waals surface area contributed by atoms with Crippen molar-refractivity contribution in [2.75, 3.05) is 6.54 Å². The molecule has 0 unspecified atom stereocenters. The van der Waals surface area contributed by atoms with E-state index in [1.807, 2.05) is 116 Å². The van der Waals surface area contributed by atoms with Crippen molar-refractivity contribution >= 4 is 26.8 Å². The van der Waals surface area contributed by atoms with Gasteiger partial charge in [-0.3, -0.25) is 0 Å². The second kappa shape index (κ2) is 15.1. The number of fused-ring (bicyclic) bond motifs is 1. The number of hydrogen-bond acceptors (Lipinski definition) is 4. The predicted octanol–water partition coefficient (Wildman–Crippen LogP) is 8.19. The molecule has 0 aliphatic rings. The summed E-state index contributed by atoms with van der Waals surface area (Å²) in [6, 6.07) is 46.4. The fourth-order valence-corrected chi connectivity index (χ4v) is 7.52. The van der Waals surface area contributed by atoms with E-state index in [0.29, 0.717) is 16.7 Å². The van der Waals surface area contributed by atoms with Crippen LogP contribution in [0.25, 0.3) is 10.8 Å². The lowest BCUT2D eigenvalue weighted by atomic mass is 9.81. The third-order valence-electron chi connectivity index (χ3n) is 8.57. The minimum atomic E-state index is -4.28. The maximum atomic E-state index is 14.8. The third-order valence-corrected chi connectivity index (χ3v) is 10.4. The number of ether oxygens (including phenoxy) is 1. The van der Waals surface area contributed by atoms with Gasteiger partial charge in [0.1, 0.15) is 0 Å². The number of rotatable bonds is 10. The lowest BCUT2D eigenvalue weighted by molar-refractivity contribution is -0.0230. The molecule has 0 bridgehead atoms. The molecular weight excluding hydrogens is 639 g/mol. The lowest BCUT2D eigenvalue weighted by Crippen LogP contribution is -2.55. The van der Waals surface area contributed by atoms with Gasteiger partial charge in [0.25, 0.3) is 0 Å². The predicted molar refractivity (Wildman–Crippen MR) is 199 cm³/mol. The number of esters is 1. The fraction of sp³-hybridized carbons (Fsp3) is 0.114. The Morgan fingerprint density at radius 2 is 1.36 bits per heavy atom. The van der Waals surface area contributed by atoms with Crippen LogP contribution in [0, 0.1) is 31.1 Å². The molecule has 246 valence electrons. The van der Waals surface area contributed by atoms with Crippen molar-refractivity contribution in [1.82, 2.24) is 4.31 Å². The SMILES string of the molecule is C#CCN([C@@H](Cc1ccccc1)[C@@](C#Cc1ccccc1)(OC(=O)c1ccccc1)c1ccc2ccccc2c1)S(=O)(=O)c1ccc(C)cc1. The van der Waals surface area contributed by atoms with Crippen LogP contribution in [0.15, 0.2) is 163 Å². The van der Waals surface area contributed by atoms with E-state index in [9.17, 15) is 13.2 Å². The largest absolute Gasteiger partial charge is 0.436 e. The first-order valence-corrected chi connectivity index (χ1v) is 17.7. The van der Waals surface area contributed by atoms with Gasteiger partial charge in [-0.2, -0.15) is 4.31 Å². The highest BCUT2D eigenvalue weighted by Crippen LogP contribution is 2.39. The summed E-state index contributed by atoms with van der Waals surface area (Å²) >= 11 is 0. The van der Waals surface area contributed by atoms with Crippen LogP contribution in [-0.4, -0.2) is 31.3 Å². The van der Waals surface area contributed by atoms with Crippen LogP contribution in [0.5, 0.6) is 0 Å². The van der Waals surface area contributed by atoms with Crippen LogP contribution in [0.2, 0.25) is 0 Å². The van der Waals surface area contributed by atoms with Gasteiger partial charge in [0.15, 0.2) is 0 Å². The molecule has 0 aromatic heterocycles. The summed E-state index contributed by atoms with van der Waals surface area (Å²) in [5.74, 6) is 8.54. The van der Waals surface area contributed by atoms with Gasteiger partial charge in [-0.05, 0) is 78.1 Å². The zero-order valence-electron chi connectivity index (χ0n) is 27.6. The van der Waals surface area contributed by atoms with E-state index in [-0.39, 0.29) is 17.9 Å². The monoisotopic (exact) mass is 673 g/mol. The van der Waals surface area contributed by atoms with E-state index < -0.39 is 27.6 Å². The van der Waals surface area contributed by atoms with E-state index in [4.69, 9.17) is 11.2 Å². The first kappa shape index (κ1) is 34.0. The minimum absolute atomic E-state index is 0.0641. The standard InChI is InChI=1S/C44H35NO4S/c1-3-31-45(50(47,48)41-27-23-34(2)24-28-41)42(32-36-17-9-5-10-18-36)44(30-29-35-15-7-4-8-16-35,49-43(46)38-20-11-6-12-21-38)40-26-25-37-19-13-14-22-39(37)33-40/h1,4-28,33,42H,31-32H2,2H3/t42-,44-/m0/s1. The molecule has 0 aliphatic heterocycles. The molecule has 50 heavy (non-hydrogen) atoms. The first-order chi connectivity index (χ1) is 24.3. The molecule has 0 amide bonds. The number of sulfonamides is 1. The highest BCUT2D eigenvalue weighted by molar-refractivity contribution is 7.89. The summed E-state index contributed by atoms with van der Waals surface area (Å²) in [5.41, 5.74) is 1.31. The Morgan fingerprint density at radius 1 is 0.760 bits per heavy atom. The number of nitrogens with zero attached hydrogens (tertiary/aromatic N) is 1. The molecule has 0 N–H and O–H groups in total. The van der Waals surface area contributed by atoms with Gasteiger partial charge in [0, 0.05) is 11.1 Å². The van der Waals surface area contributed by atoms with Crippen molar-refractivity contribution in [3.8, 4) is 24.2 Å². The van der Waals surface area contributed by atoms with E-state index in [1.54, 1.807) is 48.5 Å². The number of benzene rings is 6. The third kappa shape index (κ3) is 7.38. The molecule has 0 radical (unpaired) electrons. The molecular formula is C44H35NO4S. The van der Waals surface area contributed by atoms with Crippen molar-refractivity contribution in [3.63, 3.8) is 0 Å². The van der Waals surface area contributed by atoms with Gasteiger partial charge >= 0.3 is 5.97 Å². The maximum absolute atomic E-state index is 14.8. The summed E-state index contributed by atoms with van der Waals surface area (Å²) in [6.07, 6.45) is 6.09. The Morgan fingerprint density at radius 3 is 2.02 bits per heavy atom. The zero-order valence-corrected chi connectivity index (χ0v) is 28.4. The van der Waals surface area contributed by atoms with Crippen LogP contribution < -0.4 is 0 Å². The van der Waals surface area contributed by atoms with E-state index in [2.05, 4.69) is 17.8 Å². The van der Waals surface area contributed by atoms with E-state index in [1.165, 1.54) is 4.31 Å².